The Kier molecular flexibility index (Phi) is 5.23. The molecule has 1 aromatic heterocycles. The van der Waals surface area contributed by atoms with Crippen molar-refractivity contribution in [3.8, 4) is 11.3 Å². The van der Waals surface area contributed by atoms with E-state index in [1.54, 1.807) is 0 Å². The molecule has 3 heterocycles. The number of nitrogens with one attached hydrogen (secondary N) is 1. The largest absolute Gasteiger partial charge is 0.373 e. The quantitative estimate of drug-likeness (QED) is 0.794. The van der Waals surface area contributed by atoms with Crippen LogP contribution in [0.3, 0.4) is 0 Å². The molecule has 3 fully saturated rings. The summed E-state index contributed by atoms with van der Waals surface area (Å²) in [5.41, 5.74) is 0.842. The number of piperidine rings is 1. The molecule has 2 bridgehead atoms. The molecule has 2 saturated heterocycles. The number of benzene rings is 1. The molecule has 5 rings (SSSR count). The second-order valence-corrected chi connectivity index (χ2v) is 7.79. The topological polar surface area (TPSA) is 47.3 Å². The van der Waals surface area contributed by atoms with Gasteiger partial charge in [0.2, 0.25) is 0 Å². The highest BCUT2D eigenvalue weighted by atomic mass is 35.5. The Bertz CT molecular complexity index is 792. The summed E-state index contributed by atoms with van der Waals surface area (Å²) >= 11 is 0. The van der Waals surface area contributed by atoms with Crippen molar-refractivity contribution >= 4 is 12.4 Å². The van der Waals surface area contributed by atoms with Crippen molar-refractivity contribution in [3.05, 3.63) is 41.2 Å². The van der Waals surface area contributed by atoms with Crippen LogP contribution in [0.4, 0.5) is 8.78 Å². The molecule has 1 aliphatic carbocycles. The Labute approximate surface area is 163 Å². The Morgan fingerprint density at radius 2 is 1.74 bits per heavy atom. The zero-order chi connectivity index (χ0) is 17.7. The smallest absolute Gasteiger partial charge is 0.145 e. The van der Waals surface area contributed by atoms with Crippen LogP contribution in [0, 0.1) is 11.6 Å². The summed E-state index contributed by atoms with van der Waals surface area (Å²) in [4.78, 5) is 0. The number of hydrogen-bond donors (Lipinski definition) is 1. The number of ether oxygens (including phenoxy) is 1. The minimum Gasteiger partial charge on any atom is -0.373 e. The summed E-state index contributed by atoms with van der Waals surface area (Å²) in [6.07, 6.45) is 6.62. The number of halogens is 3. The first-order chi connectivity index (χ1) is 12.7. The van der Waals surface area contributed by atoms with Gasteiger partial charge < -0.3 is 14.6 Å². The first-order valence-electron chi connectivity index (χ1n) is 9.49. The van der Waals surface area contributed by atoms with E-state index in [1.165, 1.54) is 31.0 Å². The van der Waals surface area contributed by atoms with Crippen LogP contribution in [-0.2, 0) is 11.3 Å². The van der Waals surface area contributed by atoms with Gasteiger partial charge >= 0.3 is 0 Å². The molecule has 0 radical (unpaired) electrons. The van der Waals surface area contributed by atoms with E-state index in [0.717, 1.165) is 31.4 Å². The molecule has 27 heavy (non-hydrogen) atoms. The Hall–Kier alpha value is -1.50. The van der Waals surface area contributed by atoms with Crippen molar-refractivity contribution < 1.29 is 18.0 Å². The van der Waals surface area contributed by atoms with Gasteiger partial charge in [-0.1, -0.05) is 11.2 Å². The van der Waals surface area contributed by atoms with Crippen molar-refractivity contribution in [2.24, 2.45) is 0 Å². The maximum atomic E-state index is 14.3. The lowest BCUT2D eigenvalue weighted by atomic mass is 10.0. The van der Waals surface area contributed by atoms with Gasteiger partial charge in [0.1, 0.15) is 23.1 Å². The van der Waals surface area contributed by atoms with E-state index in [9.17, 15) is 8.78 Å². The van der Waals surface area contributed by atoms with E-state index in [1.807, 2.05) is 0 Å². The third-order valence-corrected chi connectivity index (χ3v) is 5.86. The predicted molar refractivity (Wildman–Crippen MR) is 98.8 cm³/mol. The van der Waals surface area contributed by atoms with Crippen LogP contribution >= 0.6 is 12.4 Å². The molecule has 2 aromatic rings. The third-order valence-electron chi connectivity index (χ3n) is 5.86. The summed E-state index contributed by atoms with van der Waals surface area (Å²) in [7, 11) is 0. The van der Waals surface area contributed by atoms with E-state index >= 15 is 0 Å². The lowest BCUT2D eigenvalue weighted by Crippen LogP contribution is -2.41. The SMILES string of the molecule is Cl.Fc1cccc(F)c1-c1noc(C2CC2)c1COC1C[C@H]2CC[C@@H](C1)N2. The van der Waals surface area contributed by atoms with Gasteiger partial charge in [0, 0.05) is 23.6 Å². The second-order valence-electron chi connectivity index (χ2n) is 7.79. The average Bonchev–Trinajstić information content (AvgIpc) is 3.30. The third kappa shape index (κ3) is 3.62. The summed E-state index contributed by atoms with van der Waals surface area (Å²) in [6, 6.07) is 4.93. The summed E-state index contributed by atoms with van der Waals surface area (Å²) in [5, 5.41) is 7.62. The van der Waals surface area contributed by atoms with Crippen LogP contribution in [0.25, 0.3) is 11.3 Å². The first-order valence-corrected chi connectivity index (χ1v) is 9.49. The van der Waals surface area contributed by atoms with E-state index in [4.69, 9.17) is 9.26 Å². The summed E-state index contributed by atoms with van der Waals surface area (Å²) in [6.45, 7) is 0.294. The molecule has 0 spiro atoms. The fraction of sp³-hybridized carbons (Fsp3) is 0.550. The summed E-state index contributed by atoms with van der Waals surface area (Å²) < 4.78 is 40.2. The van der Waals surface area contributed by atoms with E-state index in [2.05, 4.69) is 10.5 Å². The molecule has 4 nitrogen and oxygen atoms in total. The lowest BCUT2D eigenvalue weighted by molar-refractivity contribution is 0.00875. The molecular weight excluding hydrogens is 374 g/mol. The Morgan fingerprint density at radius 1 is 1.07 bits per heavy atom. The molecular formula is C20H23ClF2N2O2. The molecule has 146 valence electrons. The van der Waals surface area contributed by atoms with E-state index in [-0.39, 0.29) is 29.8 Å². The number of aromatic nitrogens is 1. The maximum absolute atomic E-state index is 14.3. The molecule has 3 atom stereocenters. The van der Waals surface area contributed by atoms with Gasteiger partial charge in [-0.25, -0.2) is 8.78 Å². The van der Waals surface area contributed by atoms with Crippen LogP contribution in [0.15, 0.2) is 22.7 Å². The van der Waals surface area contributed by atoms with Gasteiger partial charge in [-0.15, -0.1) is 12.4 Å². The molecule has 1 saturated carbocycles. The fourth-order valence-corrected chi connectivity index (χ4v) is 4.39. The lowest BCUT2D eigenvalue weighted by Gasteiger charge is -2.29. The van der Waals surface area contributed by atoms with Crippen molar-refractivity contribution in [2.75, 3.05) is 0 Å². The van der Waals surface area contributed by atoms with E-state index < -0.39 is 11.6 Å². The minimum absolute atomic E-state index is 0. The molecule has 3 aliphatic rings. The van der Waals surface area contributed by atoms with Crippen molar-refractivity contribution in [2.45, 2.75) is 69.2 Å². The minimum atomic E-state index is -0.623. The molecule has 1 aromatic carbocycles. The van der Waals surface area contributed by atoms with Gasteiger partial charge in [0.25, 0.3) is 0 Å². The van der Waals surface area contributed by atoms with Crippen LogP contribution in [0.2, 0.25) is 0 Å². The highest BCUT2D eigenvalue weighted by Crippen LogP contribution is 2.45. The standard InChI is InChI=1S/C20H22F2N2O2.ClH/c21-16-2-1-3-17(22)18(16)19-15(20(26-24-19)11-4-5-11)10-25-14-8-12-6-7-13(9-14)23-12;/h1-3,11-14,23H,4-10H2;1H/t12-,13+,14?;. The normalized spacial score (nSPS) is 26.8. The van der Waals surface area contributed by atoms with E-state index in [0.29, 0.717) is 30.2 Å². The Balaban J connectivity index is 0.00000180. The predicted octanol–water partition coefficient (Wildman–Crippen LogP) is 4.72. The number of rotatable bonds is 5. The molecule has 0 amide bonds. The Morgan fingerprint density at radius 3 is 2.37 bits per heavy atom. The molecule has 1 unspecified atom stereocenters. The molecule has 1 N–H and O–H groups in total. The zero-order valence-electron chi connectivity index (χ0n) is 14.9. The number of hydrogen-bond acceptors (Lipinski definition) is 4. The fourth-order valence-electron chi connectivity index (χ4n) is 4.39. The van der Waals surface area contributed by atoms with Crippen molar-refractivity contribution in [1.82, 2.24) is 10.5 Å². The van der Waals surface area contributed by atoms with Crippen molar-refractivity contribution in [1.29, 1.82) is 0 Å². The van der Waals surface area contributed by atoms with Crippen LogP contribution in [0.5, 0.6) is 0 Å². The van der Waals surface area contributed by atoms with Crippen molar-refractivity contribution in [3.63, 3.8) is 0 Å². The number of fused-ring (bicyclic) bond motifs is 2. The van der Waals surface area contributed by atoms with Crippen LogP contribution < -0.4 is 5.32 Å². The van der Waals surface area contributed by atoms with Gasteiger partial charge in [0.15, 0.2) is 0 Å². The average molecular weight is 397 g/mol. The van der Waals surface area contributed by atoms with Gasteiger partial charge in [-0.3, -0.25) is 0 Å². The maximum Gasteiger partial charge on any atom is 0.145 e. The second kappa shape index (κ2) is 7.49. The van der Waals surface area contributed by atoms with Gasteiger partial charge in [-0.05, 0) is 50.7 Å². The van der Waals surface area contributed by atoms with Crippen LogP contribution in [-0.4, -0.2) is 23.3 Å². The highest BCUT2D eigenvalue weighted by Gasteiger charge is 2.36. The molecule has 2 aliphatic heterocycles. The number of nitrogens with zero attached hydrogens (tertiary/aromatic N) is 1. The summed E-state index contributed by atoms with van der Waals surface area (Å²) in [5.74, 6) is -0.211. The first kappa shape index (κ1) is 18.8. The van der Waals surface area contributed by atoms with Gasteiger partial charge in [-0.2, -0.15) is 0 Å². The van der Waals surface area contributed by atoms with Crippen LogP contribution in [0.1, 0.15) is 55.8 Å². The molecule has 7 heteroatoms. The monoisotopic (exact) mass is 396 g/mol. The highest BCUT2D eigenvalue weighted by molar-refractivity contribution is 5.85. The van der Waals surface area contributed by atoms with Gasteiger partial charge in [0.05, 0.1) is 18.3 Å². The zero-order valence-corrected chi connectivity index (χ0v) is 15.7.